The molecule has 19 heavy (non-hydrogen) atoms. The average molecular weight is 332 g/mol. The number of nitrogens with zero attached hydrogens (tertiary/aromatic N) is 1. The van der Waals surface area contributed by atoms with Crippen molar-refractivity contribution in [3.63, 3.8) is 0 Å². The van der Waals surface area contributed by atoms with Gasteiger partial charge in [0.2, 0.25) is 0 Å². The number of hydrogen-bond donors (Lipinski definition) is 1. The van der Waals surface area contributed by atoms with Crippen LogP contribution in [0.15, 0.2) is 22.7 Å². The molecular formula is C14H19BrFNO2. The van der Waals surface area contributed by atoms with Crippen LogP contribution in [0.5, 0.6) is 0 Å². The molecule has 106 valence electrons. The summed E-state index contributed by atoms with van der Waals surface area (Å²) in [6.45, 7) is 2.38. The summed E-state index contributed by atoms with van der Waals surface area (Å²) in [5, 5.41) is 10.4. The first-order valence-electron chi connectivity index (χ1n) is 6.41. The predicted octanol–water partition coefficient (Wildman–Crippen LogP) is 2.56. The number of ether oxygens (including phenoxy) is 1. The van der Waals surface area contributed by atoms with Crippen molar-refractivity contribution in [1.29, 1.82) is 0 Å². The van der Waals surface area contributed by atoms with E-state index in [4.69, 9.17) is 4.74 Å². The molecule has 0 unspecified atom stereocenters. The second-order valence-corrected chi connectivity index (χ2v) is 6.10. The van der Waals surface area contributed by atoms with Crippen LogP contribution in [0.25, 0.3) is 0 Å². The Morgan fingerprint density at radius 2 is 2.11 bits per heavy atom. The first-order chi connectivity index (χ1) is 8.98. The van der Waals surface area contributed by atoms with Gasteiger partial charge in [0.25, 0.3) is 0 Å². The molecule has 5 heteroatoms. The fourth-order valence-electron chi connectivity index (χ4n) is 2.42. The Hall–Kier alpha value is -0.490. The number of likely N-dealkylation sites (N-methyl/N-ethyl adjacent to an activating group) is 1. The first kappa shape index (κ1) is 14.9. The van der Waals surface area contributed by atoms with Gasteiger partial charge < -0.3 is 9.84 Å². The van der Waals surface area contributed by atoms with Gasteiger partial charge in [0.05, 0.1) is 5.60 Å². The highest BCUT2D eigenvalue weighted by atomic mass is 79.9. The van der Waals surface area contributed by atoms with E-state index >= 15 is 0 Å². The number of halogens is 2. The van der Waals surface area contributed by atoms with Crippen molar-refractivity contribution in [3.05, 3.63) is 34.1 Å². The second-order valence-electron chi connectivity index (χ2n) is 5.24. The summed E-state index contributed by atoms with van der Waals surface area (Å²) in [5.74, 6) is -0.239. The van der Waals surface area contributed by atoms with Gasteiger partial charge in [-0.15, -0.1) is 0 Å². The molecule has 1 aliphatic heterocycles. The highest BCUT2D eigenvalue weighted by Gasteiger charge is 2.31. The molecule has 1 saturated heterocycles. The molecule has 1 fully saturated rings. The summed E-state index contributed by atoms with van der Waals surface area (Å²) < 4.78 is 19.4. The number of hydrogen-bond acceptors (Lipinski definition) is 3. The number of benzene rings is 1. The minimum atomic E-state index is -0.688. The summed E-state index contributed by atoms with van der Waals surface area (Å²) in [6, 6.07) is 4.66. The SMILES string of the molecule is CN(Cc1cc(F)ccc1Br)CC1(O)CCOCC1. The Morgan fingerprint density at radius 3 is 2.79 bits per heavy atom. The zero-order valence-electron chi connectivity index (χ0n) is 11.0. The van der Waals surface area contributed by atoms with Crippen LogP contribution in [0.3, 0.4) is 0 Å². The highest BCUT2D eigenvalue weighted by Crippen LogP contribution is 2.24. The van der Waals surface area contributed by atoms with Gasteiger partial charge in [0.15, 0.2) is 0 Å². The van der Waals surface area contributed by atoms with Crippen molar-refractivity contribution in [2.24, 2.45) is 0 Å². The van der Waals surface area contributed by atoms with Gasteiger partial charge in [-0.1, -0.05) is 15.9 Å². The zero-order chi connectivity index (χ0) is 13.9. The Balaban J connectivity index is 1.96. The molecule has 1 heterocycles. The second kappa shape index (κ2) is 6.31. The van der Waals surface area contributed by atoms with Gasteiger partial charge in [-0.3, -0.25) is 4.90 Å². The summed E-state index contributed by atoms with van der Waals surface area (Å²) >= 11 is 3.42. The van der Waals surface area contributed by atoms with Crippen molar-refractivity contribution in [2.45, 2.75) is 25.0 Å². The van der Waals surface area contributed by atoms with Crippen LogP contribution in [0.2, 0.25) is 0 Å². The first-order valence-corrected chi connectivity index (χ1v) is 7.20. The van der Waals surface area contributed by atoms with Crippen molar-refractivity contribution in [3.8, 4) is 0 Å². The smallest absolute Gasteiger partial charge is 0.123 e. The van der Waals surface area contributed by atoms with Gasteiger partial charge >= 0.3 is 0 Å². The van der Waals surface area contributed by atoms with E-state index < -0.39 is 5.60 Å². The molecule has 0 spiro atoms. The fraction of sp³-hybridized carbons (Fsp3) is 0.571. The largest absolute Gasteiger partial charge is 0.388 e. The van der Waals surface area contributed by atoms with Crippen molar-refractivity contribution >= 4 is 15.9 Å². The van der Waals surface area contributed by atoms with E-state index in [1.165, 1.54) is 12.1 Å². The average Bonchev–Trinajstić information content (AvgIpc) is 2.34. The molecule has 0 aliphatic carbocycles. The van der Waals surface area contributed by atoms with Gasteiger partial charge in [-0.05, 0) is 30.8 Å². The molecule has 1 aliphatic rings. The number of rotatable bonds is 4. The Bertz CT molecular complexity index is 435. The maximum absolute atomic E-state index is 13.2. The molecule has 1 N–H and O–H groups in total. The van der Waals surface area contributed by atoms with E-state index in [0.717, 1.165) is 10.0 Å². The van der Waals surface area contributed by atoms with Crippen LogP contribution in [-0.4, -0.2) is 42.4 Å². The quantitative estimate of drug-likeness (QED) is 0.920. The lowest BCUT2D eigenvalue weighted by Crippen LogP contribution is -2.45. The predicted molar refractivity (Wildman–Crippen MR) is 75.4 cm³/mol. The van der Waals surface area contributed by atoms with Crippen LogP contribution in [0, 0.1) is 5.82 Å². The lowest BCUT2D eigenvalue weighted by molar-refractivity contribution is -0.0777. The van der Waals surface area contributed by atoms with Crippen LogP contribution in [0.4, 0.5) is 4.39 Å². The van der Waals surface area contributed by atoms with Gasteiger partial charge in [0.1, 0.15) is 5.82 Å². The molecule has 0 bridgehead atoms. The van der Waals surface area contributed by atoms with E-state index in [-0.39, 0.29) is 5.82 Å². The van der Waals surface area contributed by atoms with E-state index in [1.54, 1.807) is 6.07 Å². The maximum atomic E-state index is 13.2. The Kier molecular flexibility index (Phi) is 4.95. The summed E-state index contributed by atoms with van der Waals surface area (Å²) in [7, 11) is 1.94. The van der Waals surface area contributed by atoms with Gasteiger partial charge in [-0.2, -0.15) is 0 Å². The monoisotopic (exact) mass is 331 g/mol. The van der Waals surface area contributed by atoms with Crippen LogP contribution < -0.4 is 0 Å². The number of aliphatic hydroxyl groups is 1. The third-order valence-electron chi connectivity index (χ3n) is 3.44. The lowest BCUT2D eigenvalue weighted by atomic mass is 9.94. The third-order valence-corrected chi connectivity index (χ3v) is 4.21. The Morgan fingerprint density at radius 1 is 1.42 bits per heavy atom. The lowest BCUT2D eigenvalue weighted by Gasteiger charge is -2.35. The van der Waals surface area contributed by atoms with Crippen LogP contribution in [0.1, 0.15) is 18.4 Å². The van der Waals surface area contributed by atoms with E-state index in [1.807, 2.05) is 11.9 Å². The summed E-state index contributed by atoms with van der Waals surface area (Å²) in [4.78, 5) is 2.02. The zero-order valence-corrected chi connectivity index (χ0v) is 12.6. The summed E-state index contributed by atoms with van der Waals surface area (Å²) in [6.07, 6.45) is 1.31. The van der Waals surface area contributed by atoms with Crippen LogP contribution in [-0.2, 0) is 11.3 Å². The standard InChI is InChI=1S/C14H19BrFNO2/c1-17(10-14(18)4-6-19-7-5-14)9-11-8-12(16)2-3-13(11)15/h2-3,8,18H,4-7,9-10H2,1H3. The van der Waals surface area contributed by atoms with E-state index in [2.05, 4.69) is 15.9 Å². The topological polar surface area (TPSA) is 32.7 Å². The summed E-state index contributed by atoms with van der Waals surface area (Å²) in [5.41, 5.74) is 0.199. The van der Waals surface area contributed by atoms with Crippen LogP contribution >= 0.6 is 15.9 Å². The highest BCUT2D eigenvalue weighted by molar-refractivity contribution is 9.10. The fourth-order valence-corrected chi connectivity index (χ4v) is 2.80. The molecule has 0 saturated carbocycles. The maximum Gasteiger partial charge on any atom is 0.123 e. The van der Waals surface area contributed by atoms with Crippen molar-refractivity contribution < 1.29 is 14.2 Å². The van der Waals surface area contributed by atoms with E-state index in [0.29, 0.717) is 39.1 Å². The molecular weight excluding hydrogens is 313 g/mol. The van der Waals surface area contributed by atoms with Crippen molar-refractivity contribution in [1.82, 2.24) is 4.90 Å². The minimum absolute atomic E-state index is 0.239. The van der Waals surface area contributed by atoms with Gasteiger partial charge in [-0.25, -0.2) is 4.39 Å². The minimum Gasteiger partial charge on any atom is -0.388 e. The van der Waals surface area contributed by atoms with Crippen molar-refractivity contribution in [2.75, 3.05) is 26.8 Å². The molecule has 2 rings (SSSR count). The molecule has 0 amide bonds. The molecule has 0 radical (unpaired) electrons. The molecule has 0 atom stereocenters. The third kappa shape index (κ3) is 4.24. The molecule has 1 aromatic carbocycles. The molecule has 0 aromatic heterocycles. The normalized spacial score (nSPS) is 18.8. The molecule has 3 nitrogen and oxygen atoms in total. The molecule has 1 aromatic rings. The van der Waals surface area contributed by atoms with E-state index in [9.17, 15) is 9.50 Å². The Labute approximate surface area is 121 Å². The van der Waals surface area contributed by atoms with Gasteiger partial charge in [0, 0.05) is 43.6 Å².